The molecule has 2 nitrogen and oxygen atoms in total. The van der Waals surface area contributed by atoms with Gasteiger partial charge in [0, 0.05) is 11.5 Å². The number of hydrogen-bond donors (Lipinski definition) is 0. The van der Waals surface area contributed by atoms with E-state index in [1.54, 1.807) is 0 Å². The second-order valence-electron chi connectivity index (χ2n) is 4.08. The van der Waals surface area contributed by atoms with Crippen molar-refractivity contribution in [2.45, 2.75) is 12.3 Å². The van der Waals surface area contributed by atoms with Gasteiger partial charge in [-0.1, -0.05) is 30.3 Å². The van der Waals surface area contributed by atoms with Crippen molar-refractivity contribution in [3.63, 3.8) is 0 Å². The molecule has 0 saturated carbocycles. The largest absolute Gasteiger partial charge is 0.493 e. The van der Waals surface area contributed by atoms with Crippen molar-refractivity contribution in [3.05, 3.63) is 42.0 Å². The van der Waals surface area contributed by atoms with Crippen LogP contribution in [0.15, 0.2) is 36.4 Å². The van der Waals surface area contributed by atoms with Gasteiger partial charge in [0.15, 0.2) is 0 Å². The zero-order chi connectivity index (χ0) is 11.0. The Morgan fingerprint density at radius 2 is 2.06 bits per heavy atom. The van der Waals surface area contributed by atoms with Crippen molar-refractivity contribution in [1.29, 1.82) is 0 Å². The second-order valence-corrected chi connectivity index (χ2v) is 4.08. The highest BCUT2D eigenvalue weighted by atomic mass is 16.5. The fraction of sp³-hybridized carbons (Fsp3) is 0.214. The van der Waals surface area contributed by atoms with E-state index in [1.165, 1.54) is 5.39 Å². The summed E-state index contributed by atoms with van der Waals surface area (Å²) in [6.45, 7) is 0.634. The van der Waals surface area contributed by atoms with E-state index < -0.39 is 0 Å². The molecule has 2 aromatic carbocycles. The van der Waals surface area contributed by atoms with Gasteiger partial charge < -0.3 is 9.53 Å². The van der Waals surface area contributed by atoms with E-state index >= 15 is 0 Å². The lowest BCUT2D eigenvalue weighted by Crippen LogP contribution is -2.15. The lowest BCUT2D eigenvalue weighted by Gasteiger charge is -2.23. The van der Waals surface area contributed by atoms with Crippen molar-refractivity contribution in [2.75, 3.05) is 6.61 Å². The van der Waals surface area contributed by atoms with Crippen molar-refractivity contribution < 1.29 is 9.53 Å². The number of rotatable bonds is 1. The molecule has 0 fully saturated rings. The predicted molar refractivity (Wildman–Crippen MR) is 62.9 cm³/mol. The van der Waals surface area contributed by atoms with Crippen molar-refractivity contribution >= 4 is 17.1 Å². The Morgan fingerprint density at radius 3 is 2.94 bits per heavy atom. The predicted octanol–water partition coefficient (Wildman–Crippen LogP) is 2.90. The zero-order valence-corrected chi connectivity index (χ0v) is 8.85. The van der Waals surface area contributed by atoms with Crippen LogP contribution in [0.2, 0.25) is 0 Å². The summed E-state index contributed by atoms with van der Waals surface area (Å²) < 4.78 is 5.60. The molecule has 0 saturated heterocycles. The quantitative estimate of drug-likeness (QED) is 0.679. The van der Waals surface area contributed by atoms with Gasteiger partial charge in [0.1, 0.15) is 12.0 Å². The summed E-state index contributed by atoms with van der Waals surface area (Å²) in [5.41, 5.74) is 1.05. The van der Waals surface area contributed by atoms with Crippen LogP contribution in [-0.2, 0) is 4.79 Å². The number of aldehydes is 1. The number of hydrogen-bond acceptors (Lipinski definition) is 2. The molecule has 0 aromatic heterocycles. The Kier molecular flexibility index (Phi) is 2.13. The van der Waals surface area contributed by atoms with Gasteiger partial charge in [-0.2, -0.15) is 0 Å². The molecule has 1 aliphatic rings. The van der Waals surface area contributed by atoms with E-state index in [-0.39, 0.29) is 5.92 Å². The van der Waals surface area contributed by atoms with E-state index in [1.807, 2.05) is 24.3 Å². The Hall–Kier alpha value is -1.83. The first-order valence-electron chi connectivity index (χ1n) is 5.50. The van der Waals surface area contributed by atoms with Crippen LogP contribution < -0.4 is 4.74 Å². The van der Waals surface area contributed by atoms with Crippen LogP contribution in [0.5, 0.6) is 5.75 Å². The minimum atomic E-state index is -0.0187. The number of carbonyl (C=O) groups excluding carboxylic acids is 1. The molecule has 0 bridgehead atoms. The summed E-state index contributed by atoms with van der Waals surface area (Å²) in [4.78, 5) is 11.1. The fourth-order valence-electron chi connectivity index (χ4n) is 2.36. The Balaban J connectivity index is 2.34. The zero-order valence-electron chi connectivity index (χ0n) is 8.85. The maximum atomic E-state index is 11.1. The molecule has 2 heteroatoms. The van der Waals surface area contributed by atoms with E-state index in [2.05, 4.69) is 12.1 Å². The minimum absolute atomic E-state index is 0.0187. The average Bonchev–Trinajstić information content (AvgIpc) is 2.37. The normalized spacial score (nSPS) is 18.9. The van der Waals surface area contributed by atoms with Gasteiger partial charge in [-0.25, -0.2) is 0 Å². The van der Waals surface area contributed by atoms with E-state index in [4.69, 9.17) is 4.74 Å². The second kappa shape index (κ2) is 3.63. The summed E-state index contributed by atoms with van der Waals surface area (Å²) in [6, 6.07) is 12.1. The lowest BCUT2D eigenvalue weighted by molar-refractivity contribution is -0.109. The molecule has 80 valence electrons. The molecule has 1 aliphatic heterocycles. The third-order valence-corrected chi connectivity index (χ3v) is 3.15. The summed E-state index contributed by atoms with van der Waals surface area (Å²) in [5, 5.41) is 2.30. The first-order valence-corrected chi connectivity index (χ1v) is 5.50. The summed E-state index contributed by atoms with van der Waals surface area (Å²) >= 11 is 0. The fourth-order valence-corrected chi connectivity index (χ4v) is 2.36. The topological polar surface area (TPSA) is 26.3 Å². The first kappa shape index (κ1) is 9.40. The Labute approximate surface area is 93.8 Å². The SMILES string of the molecule is O=C[C@@H]1CCOc2ccc3ccccc3c21. The monoisotopic (exact) mass is 212 g/mol. The standard InChI is InChI=1S/C14H12O2/c15-9-11-7-8-16-13-6-5-10-3-1-2-4-12(10)14(11)13/h1-6,9,11H,7-8H2/t11-/m0/s1. The smallest absolute Gasteiger partial charge is 0.127 e. The molecule has 0 unspecified atom stereocenters. The van der Waals surface area contributed by atoms with Crippen LogP contribution in [0.25, 0.3) is 10.8 Å². The van der Waals surface area contributed by atoms with Crippen molar-refractivity contribution in [3.8, 4) is 5.75 Å². The number of benzene rings is 2. The number of ether oxygens (including phenoxy) is 1. The first-order chi connectivity index (χ1) is 7.90. The van der Waals surface area contributed by atoms with Crippen LogP contribution in [0, 0.1) is 0 Å². The molecule has 0 spiro atoms. The van der Waals surface area contributed by atoms with Gasteiger partial charge in [-0.05, 0) is 23.3 Å². The minimum Gasteiger partial charge on any atom is -0.493 e. The third kappa shape index (κ3) is 1.30. The van der Waals surface area contributed by atoms with Crippen LogP contribution in [0.3, 0.4) is 0 Å². The molecular weight excluding hydrogens is 200 g/mol. The van der Waals surface area contributed by atoms with Gasteiger partial charge in [-0.15, -0.1) is 0 Å². The van der Waals surface area contributed by atoms with E-state index in [9.17, 15) is 4.79 Å². The number of carbonyl (C=O) groups is 1. The lowest BCUT2D eigenvalue weighted by atomic mass is 9.90. The Bertz CT molecular complexity index is 545. The molecule has 1 heterocycles. The van der Waals surface area contributed by atoms with Gasteiger partial charge in [-0.3, -0.25) is 0 Å². The van der Waals surface area contributed by atoms with Gasteiger partial charge >= 0.3 is 0 Å². The molecule has 16 heavy (non-hydrogen) atoms. The number of fused-ring (bicyclic) bond motifs is 3. The van der Waals surface area contributed by atoms with E-state index in [0.717, 1.165) is 29.4 Å². The highest BCUT2D eigenvalue weighted by Gasteiger charge is 2.22. The van der Waals surface area contributed by atoms with Crippen molar-refractivity contribution in [1.82, 2.24) is 0 Å². The Morgan fingerprint density at radius 1 is 1.19 bits per heavy atom. The molecule has 0 N–H and O–H groups in total. The average molecular weight is 212 g/mol. The van der Waals surface area contributed by atoms with Gasteiger partial charge in [0.25, 0.3) is 0 Å². The highest BCUT2D eigenvalue weighted by molar-refractivity contribution is 5.91. The maximum absolute atomic E-state index is 11.1. The maximum Gasteiger partial charge on any atom is 0.127 e. The molecule has 0 radical (unpaired) electrons. The van der Waals surface area contributed by atoms with Gasteiger partial charge in [0.05, 0.1) is 6.61 Å². The van der Waals surface area contributed by atoms with E-state index in [0.29, 0.717) is 6.61 Å². The highest BCUT2D eigenvalue weighted by Crippen LogP contribution is 2.37. The van der Waals surface area contributed by atoms with Crippen LogP contribution >= 0.6 is 0 Å². The molecule has 2 aromatic rings. The molecular formula is C14H12O2. The molecule has 0 aliphatic carbocycles. The summed E-state index contributed by atoms with van der Waals surface area (Å²) in [7, 11) is 0. The molecule has 3 rings (SSSR count). The van der Waals surface area contributed by atoms with Crippen LogP contribution in [0.1, 0.15) is 17.9 Å². The van der Waals surface area contributed by atoms with Crippen LogP contribution in [0.4, 0.5) is 0 Å². The molecule has 0 amide bonds. The van der Waals surface area contributed by atoms with Crippen molar-refractivity contribution in [2.24, 2.45) is 0 Å². The third-order valence-electron chi connectivity index (χ3n) is 3.15. The summed E-state index contributed by atoms with van der Waals surface area (Å²) in [5.74, 6) is 0.844. The van der Waals surface area contributed by atoms with Crippen LogP contribution in [-0.4, -0.2) is 12.9 Å². The van der Waals surface area contributed by atoms with Gasteiger partial charge in [0.2, 0.25) is 0 Å². The molecule has 1 atom stereocenters. The summed E-state index contributed by atoms with van der Waals surface area (Å²) in [6.07, 6.45) is 1.82.